The maximum atomic E-state index is 12.2. The molecule has 0 rings (SSSR count). The number of unbranched alkanes of at least 4 members (excludes halogenated alkanes) is 6. The lowest BCUT2D eigenvalue weighted by molar-refractivity contribution is -0.875. The van der Waals surface area contributed by atoms with E-state index in [1.165, 1.54) is 31.8 Å². The topological polar surface area (TPSA) is 77.4 Å². The number of nitrogens with zero attached hydrogens (tertiary/aromatic N) is 1. The first kappa shape index (κ1) is 21.8. The minimum Gasteiger partial charge on any atom is -0.550 e. The van der Waals surface area contributed by atoms with Crippen LogP contribution in [-0.4, -0.2) is 54.6 Å². The van der Waals surface area contributed by atoms with Crippen LogP contribution < -0.4 is 5.11 Å². The first-order valence-electron chi connectivity index (χ1n) is 8.54. The SMILES string of the molecule is CCCCCCCCC=CC(=O)C(O)(CC(=O)[O-])C[N+](C)(C)C. The van der Waals surface area contributed by atoms with Gasteiger partial charge in [-0.1, -0.05) is 45.1 Å². The van der Waals surface area contributed by atoms with E-state index in [4.69, 9.17) is 0 Å². The average Bonchev–Trinajstić information content (AvgIpc) is 2.38. The fraction of sp³-hybridized carbons (Fsp3) is 0.778. The summed E-state index contributed by atoms with van der Waals surface area (Å²) in [6.45, 7) is 2.21. The Kier molecular flexibility index (Phi) is 10.0. The molecule has 0 aliphatic rings. The minimum absolute atomic E-state index is 0.0289. The van der Waals surface area contributed by atoms with Gasteiger partial charge in [0.15, 0.2) is 11.4 Å². The van der Waals surface area contributed by atoms with E-state index in [2.05, 4.69) is 6.92 Å². The van der Waals surface area contributed by atoms with Crippen molar-refractivity contribution in [3.05, 3.63) is 12.2 Å². The van der Waals surface area contributed by atoms with E-state index in [0.717, 1.165) is 19.3 Å². The fourth-order valence-corrected chi connectivity index (χ4v) is 2.63. The summed E-state index contributed by atoms with van der Waals surface area (Å²) in [6.07, 6.45) is 10.2. The van der Waals surface area contributed by atoms with Gasteiger partial charge in [0.05, 0.1) is 21.1 Å². The summed E-state index contributed by atoms with van der Waals surface area (Å²) < 4.78 is 0.292. The number of allylic oxidation sites excluding steroid dienone is 1. The van der Waals surface area contributed by atoms with E-state index in [1.807, 2.05) is 0 Å². The highest BCUT2D eigenvalue weighted by Crippen LogP contribution is 2.17. The van der Waals surface area contributed by atoms with Crippen molar-refractivity contribution >= 4 is 11.8 Å². The Bertz CT molecular complexity index is 398. The number of quaternary nitrogens is 1. The summed E-state index contributed by atoms with van der Waals surface area (Å²) in [6, 6.07) is 0. The quantitative estimate of drug-likeness (QED) is 0.315. The molecule has 5 heteroatoms. The molecule has 23 heavy (non-hydrogen) atoms. The molecule has 1 atom stereocenters. The summed E-state index contributed by atoms with van der Waals surface area (Å²) in [4.78, 5) is 23.1. The maximum absolute atomic E-state index is 12.2. The average molecular weight is 327 g/mol. The first-order valence-corrected chi connectivity index (χ1v) is 8.54. The van der Waals surface area contributed by atoms with Crippen molar-refractivity contribution in [2.45, 2.75) is 63.9 Å². The molecule has 0 bridgehead atoms. The highest BCUT2D eigenvalue weighted by molar-refractivity contribution is 5.99. The Balaban J connectivity index is 4.43. The first-order chi connectivity index (χ1) is 10.6. The zero-order valence-corrected chi connectivity index (χ0v) is 15.1. The van der Waals surface area contributed by atoms with Crippen LogP contribution in [0.25, 0.3) is 0 Å². The van der Waals surface area contributed by atoms with Gasteiger partial charge in [-0.2, -0.15) is 0 Å². The number of rotatable bonds is 13. The van der Waals surface area contributed by atoms with Crippen molar-refractivity contribution in [3.8, 4) is 0 Å². The molecule has 134 valence electrons. The van der Waals surface area contributed by atoms with Crippen LogP contribution in [0.1, 0.15) is 58.3 Å². The molecule has 0 heterocycles. The van der Waals surface area contributed by atoms with E-state index >= 15 is 0 Å². The molecule has 0 spiro atoms. The summed E-state index contributed by atoms with van der Waals surface area (Å²) in [7, 11) is 5.40. The molecule has 0 fully saturated rings. The van der Waals surface area contributed by atoms with Gasteiger partial charge in [0.1, 0.15) is 6.54 Å². The van der Waals surface area contributed by atoms with Gasteiger partial charge < -0.3 is 19.5 Å². The molecule has 5 nitrogen and oxygen atoms in total. The van der Waals surface area contributed by atoms with E-state index in [1.54, 1.807) is 27.2 Å². The number of hydrogen-bond donors (Lipinski definition) is 1. The Hall–Kier alpha value is -1.20. The standard InChI is InChI=1S/C18H33NO4/c1-5-6-7-8-9-10-11-12-13-16(20)18(23,14-17(21)22)15-19(2,3)4/h12-13,23H,5-11,14-15H2,1-4H3. The van der Waals surface area contributed by atoms with Crippen LogP contribution in [0.3, 0.4) is 0 Å². The molecule has 0 saturated heterocycles. The zero-order chi connectivity index (χ0) is 17.9. The van der Waals surface area contributed by atoms with Gasteiger partial charge in [-0.05, 0) is 18.9 Å². The van der Waals surface area contributed by atoms with Crippen molar-refractivity contribution in [1.82, 2.24) is 0 Å². The highest BCUT2D eigenvalue weighted by Gasteiger charge is 2.39. The molecule has 0 aromatic heterocycles. The number of carbonyl (C=O) groups excluding carboxylic acids is 2. The zero-order valence-electron chi connectivity index (χ0n) is 15.1. The third kappa shape index (κ3) is 11.0. The maximum Gasteiger partial charge on any atom is 0.193 e. The summed E-state index contributed by atoms with van der Waals surface area (Å²) in [5, 5.41) is 21.3. The van der Waals surface area contributed by atoms with Gasteiger partial charge in [0.2, 0.25) is 0 Å². The second kappa shape index (κ2) is 10.6. The fourth-order valence-electron chi connectivity index (χ4n) is 2.63. The largest absolute Gasteiger partial charge is 0.550 e. The van der Waals surface area contributed by atoms with Gasteiger partial charge in [-0.3, -0.25) is 4.79 Å². The Morgan fingerprint density at radius 3 is 2.17 bits per heavy atom. The lowest BCUT2D eigenvalue weighted by atomic mass is 9.92. The molecular weight excluding hydrogens is 294 g/mol. The third-order valence-corrected chi connectivity index (χ3v) is 3.62. The van der Waals surface area contributed by atoms with Crippen LogP contribution in [0, 0.1) is 0 Å². The van der Waals surface area contributed by atoms with E-state index < -0.39 is 23.8 Å². The monoisotopic (exact) mass is 327 g/mol. The molecule has 0 aliphatic carbocycles. The number of aliphatic carboxylic acids is 1. The number of hydrogen-bond acceptors (Lipinski definition) is 4. The summed E-state index contributed by atoms with van der Waals surface area (Å²) >= 11 is 0. The Morgan fingerprint density at radius 1 is 1.09 bits per heavy atom. The van der Waals surface area contributed by atoms with Crippen LogP contribution in [0.2, 0.25) is 0 Å². The molecule has 0 amide bonds. The van der Waals surface area contributed by atoms with E-state index in [9.17, 15) is 19.8 Å². The number of likely N-dealkylation sites (N-methyl/N-ethyl adjacent to an activating group) is 1. The van der Waals surface area contributed by atoms with Crippen LogP contribution >= 0.6 is 0 Å². The second-order valence-electron chi connectivity index (χ2n) is 7.35. The molecule has 0 aliphatic heterocycles. The number of carboxylic acids is 1. The van der Waals surface area contributed by atoms with Crippen molar-refractivity contribution in [2.75, 3.05) is 27.7 Å². The van der Waals surface area contributed by atoms with Gasteiger partial charge in [0, 0.05) is 12.4 Å². The van der Waals surface area contributed by atoms with Crippen molar-refractivity contribution in [2.24, 2.45) is 0 Å². The van der Waals surface area contributed by atoms with Crippen molar-refractivity contribution in [3.63, 3.8) is 0 Å². The highest BCUT2D eigenvalue weighted by atomic mass is 16.4. The van der Waals surface area contributed by atoms with Gasteiger partial charge in [-0.15, -0.1) is 0 Å². The molecular formula is C18H33NO4. The predicted molar refractivity (Wildman–Crippen MR) is 89.6 cm³/mol. The molecule has 0 aromatic rings. The molecule has 0 radical (unpaired) electrons. The number of carboxylic acid groups (broad SMARTS) is 1. The van der Waals surface area contributed by atoms with E-state index in [0.29, 0.717) is 4.48 Å². The lowest BCUT2D eigenvalue weighted by Gasteiger charge is -2.34. The van der Waals surface area contributed by atoms with Crippen molar-refractivity contribution in [1.29, 1.82) is 0 Å². The molecule has 1 unspecified atom stereocenters. The Labute approximate surface area is 140 Å². The van der Waals surface area contributed by atoms with Crippen LogP contribution in [0.5, 0.6) is 0 Å². The summed E-state index contributed by atoms with van der Waals surface area (Å²) in [5.74, 6) is -1.97. The molecule has 1 N–H and O–H groups in total. The van der Waals surface area contributed by atoms with Crippen LogP contribution in [0.15, 0.2) is 12.2 Å². The Morgan fingerprint density at radius 2 is 1.65 bits per heavy atom. The van der Waals surface area contributed by atoms with Gasteiger partial charge in [-0.25, -0.2) is 0 Å². The number of carbonyl (C=O) groups is 2. The number of aliphatic hydroxyl groups is 1. The van der Waals surface area contributed by atoms with Gasteiger partial charge >= 0.3 is 0 Å². The predicted octanol–water partition coefficient (Wildman–Crippen LogP) is 1.44. The molecule has 0 saturated carbocycles. The summed E-state index contributed by atoms with van der Waals surface area (Å²) in [5.41, 5.74) is -1.91. The lowest BCUT2D eigenvalue weighted by Crippen LogP contribution is -2.55. The van der Waals surface area contributed by atoms with Crippen molar-refractivity contribution < 1.29 is 24.3 Å². The van der Waals surface area contributed by atoms with Crippen LogP contribution in [0.4, 0.5) is 0 Å². The van der Waals surface area contributed by atoms with Gasteiger partial charge in [0.25, 0.3) is 0 Å². The normalized spacial score (nSPS) is 14.8. The second-order valence-corrected chi connectivity index (χ2v) is 7.35. The minimum atomic E-state index is -1.91. The van der Waals surface area contributed by atoms with E-state index in [-0.39, 0.29) is 6.54 Å². The van der Waals surface area contributed by atoms with Crippen LogP contribution in [-0.2, 0) is 9.59 Å². The third-order valence-electron chi connectivity index (χ3n) is 3.62. The number of ketones is 1. The molecule has 0 aromatic carbocycles. The smallest absolute Gasteiger partial charge is 0.193 e.